The molecule has 0 unspecified atom stereocenters. The van der Waals surface area contributed by atoms with E-state index in [0.29, 0.717) is 0 Å². The van der Waals surface area contributed by atoms with Crippen molar-refractivity contribution in [3.8, 4) is 16.8 Å². The zero-order valence-electron chi connectivity index (χ0n) is 33.4. The minimum atomic E-state index is -0.624. The van der Waals surface area contributed by atoms with E-state index in [1.54, 1.807) is 0 Å². The number of hydrogen-bond acceptors (Lipinski definition) is 2. The molecule has 9 aromatic carbocycles. The monoisotopic (exact) mass is 768 g/mol. The van der Waals surface area contributed by atoms with E-state index in [1.165, 1.54) is 60.8 Å². The summed E-state index contributed by atoms with van der Waals surface area (Å²) in [5, 5.41) is 4.60. The first-order valence-electron chi connectivity index (χ1n) is 20.8. The third-order valence-corrected chi connectivity index (χ3v) is 12.7. The zero-order valence-corrected chi connectivity index (χ0v) is 33.4. The molecule has 284 valence electrons. The van der Waals surface area contributed by atoms with Gasteiger partial charge in [0.1, 0.15) is 11.2 Å². The first kappa shape index (κ1) is 34.4. The van der Waals surface area contributed by atoms with Crippen LogP contribution in [-0.2, 0) is 5.41 Å². The standard InChI is InChI=1S/C57H40N2O/c1-37-17-15-19-39(33-37)57(40-20-16-18-38(2)34-40)48-28-12-9-26-45(48)54-49(57)36-52(55-46-27-11-14-30-53(46)60-56(54)55)58(41-21-5-3-6-22-41)43-31-32-51-47(35-43)44-25-10-13-29-50(44)59(51)42-23-7-4-8-24-42/h3-36H,1-2H3. The Labute approximate surface area is 349 Å². The van der Waals surface area contributed by atoms with Crippen molar-refractivity contribution in [2.24, 2.45) is 0 Å². The molecular weight excluding hydrogens is 729 g/mol. The van der Waals surface area contributed by atoms with Crippen LogP contribution in [0.2, 0.25) is 0 Å². The minimum Gasteiger partial charge on any atom is -0.455 e. The van der Waals surface area contributed by atoms with E-state index < -0.39 is 5.41 Å². The maximum Gasteiger partial charge on any atom is 0.145 e. The van der Waals surface area contributed by atoms with E-state index in [2.05, 4.69) is 230 Å². The minimum absolute atomic E-state index is 0.624. The molecule has 11 aromatic rings. The molecule has 0 N–H and O–H groups in total. The summed E-state index contributed by atoms with van der Waals surface area (Å²) in [6.07, 6.45) is 0. The summed E-state index contributed by atoms with van der Waals surface area (Å²) >= 11 is 0. The Morgan fingerprint density at radius 2 is 1.10 bits per heavy atom. The van der Waals surface area contributed by atoms with Gasteiger partial charge in [0.05, 0.1) is 27.5 Å². The highest BCUT2D eigenvalue weighted by atomic mass is 16.3. The van der Waals surface area contributed by atoms with Gasteiger partial charge in [-0.05, 0) is 102 Å². The van der Waals surface area contributed by atoms with Crippen LogP contribution >= 0.6 is 0 Å². The molecule has 3 heteroatoms. The molecule has 1 aliphatic rings. The summed E-state index contributed by atoms with van der Waals surface area (Å²) in [5.41, 5.74) is 17.6. The average molecular weight is 769 g/mol. The van der Waals surface area contributed by atoms with Crippen LogP contribution in [0, 0.1) is 13.8 Å². The van der Waals surface area contributed by atoms with Crippen LogP contribution in [-0.4, -0.2) is 4.57 Å². The van der Waals surface area contributed by atoms with Crippen LogP contribution in [0.3, 0.4) is 0 Å². The molecule has 0 aliphatic heterocycles. The van der Waals surface area contributed by atoms with Gasteiger partial charge in [-0.3, -0.25) is 0 Å². The van der Waals surface area contributed by atoms with Gasteiger partial charge in [0, 0.05) is 38.8 Å². The first-order chi connectivity index (χ1) is 29.6. The Kier molecular flexibility index (Phi) is 7.58. The van der Waals surface area contributed by atoms with Crippen molar-refractivity contribution in [3.05, 3.63) is 240 Å². The second-order valence-electron chi connectivity index (χ2n) is 16.2. The molecule has 0 radical (unpaired) electrons. The molecular formula is C57H40N2O. The molecule has 1 aliphatic carbocycles. The lowest BCUT2D eigenvalue weighted by Gasteiger charge is -2.35. The van der Waals surface area contributed by atoms with Gasteiger partial charge in [-0.15, -0.1) is 0 Å². The molecule has 0 bridgehead atoms. The summed E-state index contributed by atoms with van der Waals surface area (Å²) in [5.74, 6) is 0. The Bertz CT molecular complexity index is 3420. The average Bonchev–Trinajstić information content (AvgIpc) is 3.94. The highest BCUT2D eigenvalue weighted by Gasteiger charge is 2.48. The number of rotatable bonds is 6. The van der Waals surface area contributed by atoms with Gasteiger partial charge >= 0.3 is 0 Å². The summed E-state index contributed by atoms with van der Waals surface area (Å²) in [7, 11) is 0. The molecule has 60 heavy (non-hydrogen) atoms. The summed E-state index contributed by atoms with van der Waals surface area (Å²) in [6, 6.07) is 75.4. The van der Waals surface area contributed by atoms with E-state index >= 15 is 0 Å². The Balaban J connectivity index is 1.23. The van der Waals surface area contributed by atoms with Crippen molar-refractivity contribution >= 4 is 60.8 Å². The first-order valence-corrected chi connectivity index (χ1v) is 20.8. The Hall–Kier alpha value is -7.62. The molecule has 0 spiro atoms. The maximum absolute atomic E-state index is 7.18. The van der Waals surface area contributed by atoms with E-state index in [4.69, 9.17) is 4.42 Å². The molecule has 2 heterocycles. The number of hydrogen-bond donors (Lipinski definition) is 0. The third-order valence-electron chi connectivity index (χ3n) is 12.7. The fourth-order valence-corrected chi connectivity index (χ4v) is 10.3. The molecule has 0 saturated carbocycles. The molecule has 0 saturated heterocycles. The number of benzene rings is 9. The largest absolute Gasteiger partial charge is 0.455 e. The lowest BCUT2D eigenvalue weighted by Crippen LogP contribution is -2.29. The molecule has 2 aromatic heterocycles. The van der Waals surface area contributed by atoms with Crippen LogP contribution in [0.1, 0.15) is 33.4 Å². The predicted octanol–water partition coefficient (Wildman–Crippen LogP) is 15.1. The van der Waals surface area contributed by atoms with Gasteiger partial charge in [0.25, 0.3) is 0 Å². The molecule has 0 atom stereocenters. The van der Waals surface area contributed by atoms with E-state index in [9.17, 15) is 0 Å². The van der Waals surface area contributed by atoms with Crippen molar-refractivity contribution in [2.75, 3.05) is 4.90 Å². The van der Waals surface area contributed by atoms with Crippen molar-refractivity contribution in [1.29, 1.82) is 0 Å². The van der Waals surface area contributed by atoms with Crippen LogP contribution in [0.25, 0.3) is 60.6 Å². The maximum atomic E-state index is 7.18. The molecule has 0 amide bonds. The van der Waals surface area contributed by atoms with Gasteiger partial charge in [-0.2, -0.15) is 0 Å². The molecule has 12 rings (SSSR count). The Morgan fingerprint density at radius 3 is 1.85 bits per heavy atom. The van der Waals surface area contributed by atoms with Gasteiger partial charge in [0.2, 0.25) is 0 Å². The molecule has 0 fully saturated rings. The number of anilines is 3. The van der Waals surface area contributed by atoms with Gasteiger partial charge in [0.15, 0.2) is 0 Å². The second-order valence-corrected chi connectivity index (χ2v) is 16.2. The van der Waals surface area contributed by atoms with E-state index in [-0.39, 0.29) is 0 Å². The SMILES string of the molecule is Cc1cccc(C2(c3cccc(C)c3)c3ccccc3-c3c2cc(N(c2ccccc2)c2ccc4c(c2)c2ccccc2n4-c2ccccc2)c2c3oc3ccccc32)c1. The summed E-state index contributed by atoms with van der Waals surface area (Å²) < 4.78 is 9.56. The van der Waals surface area contributed by atoms with Gasteiger partial charge < -0.3 is 13.9 Å². The van der Waals surface area contributed by atoms with Crippen molar-refractivity contribution < 1.29 is 4.42 Å². The summed E-state index contributed by atoms with van der Waals surface area (Å²) in [4.78, 5) is 2.46. The number of aryl methyl sites for hydroxylation is 2. The van der Waals surface area contributed by atoms with Gasteiger partial charge in [-0.25, -0.2) is 0 Å². The smallest absolute Gasteiger partial charge is 0.145 e. The van der Waals surface area contributed by atoms with Crippen molar-refractivity contribution in [3.63, 3.8) is 0 Å². The van der Waals surface area contributed by atoms with Crippen LogP contribution in [0.4, 0.5) is 17.1 Å². The van der Waals surface area contributed by atoms with Crippen molar-refractivity contribution in [1.82, 2.24) is 4.57 Å². The fraction of sp³-hybridized carbons (Fsp3) is 0.0526. The normalized spacial score (nSPS) is 13.0. The number of nitrogens with zero attached hydrogens (tertiary/aromatic N) is 2. The van der Waals surface area contributed by atoms with Crippen molar-refractivity contribution in [2.45, 2.75) is 19.3 Å². The summed E-state index contributed by atoms with van der Waals surface area (Å²) in [6.45, 7) is 4.40. The number of fused-ring (bicyclic) bond motifs is 10. The highest BCUT2D eigenvalue weighted by Crippen LogP contribution is 2.61. The number of para-hydroxylation sites is 4. The van der Waals surface area contributed by atoms with E-state index in [1.807, 2.05) is 0 Å². The zero-order chi connectivity index (χ0) is 40.0. The lowest BCUT2D eigenvalue weighted by molar-refractivity contribution is 0.669. The predicted molar refractivity (Wildman–Crippen MR) is 250 cm³/mol. The number of aromatic nitrogens is 1. The lowest BCUT2D eigenvalue weighted by atomic mass is 9.67. The van der Waals surface area contributed by atoms with Crippen LogP contribution in [0.15, 0.2) is 211 Å². The second kappa shape index (κ2) is 13.2. The van der Waals surface area contributed by atoms with Crippen LogP contribution < -0.4 is 4.90 Å². The highest BCUT2D eigenvalue weighted by molar-refractivity contribution is 6.20. The number of furan rings is 1. The van der Waals surface area contributed by atoms with Crippen LogP contribution in [0.5, 0.6) is 0 Å². The Morgan fingerprint density at radius 1 is 0.467 bits per heavy atom. The van der Waals surface area contributed by atoms with Gasteiger partial charge in [-0.1, -0.05) is 157 Å². The van der Waals surface area contributed by atoms with E-state index in [0.717, 1.165) is 50.3 Å². The topological polar surface area (TPSA) is 21.3 Å². The fourth-order valence-electron chi connectivity index (χ4n) is 10.3. The quantitative estimate of drug-likeness (QED) is 0.168. The third kappa shape index (κ3) is 4.90. The molecule has 3 nitrogen and oxygen atoms in total.